The number of carbonyl (C=O) groups excluding carboxylic acids is 2. The Morgan fingerprint density at radius 2 is 1.59 bits per heavy atom. The van der Waals surface area contributed by atoms with Crippen LogP contribution in [0.2, 0.25) is 0 Å². The van der Waals surface area contributed by atoms with Gasteiger partial charge in [0.25, 0.3) is 0 Å². The Balaban J connectivity index is 1.53. The molecule has 0 aliphatic heterocycles. The van der Waals surface area contributed by atoms with E-state index in [1.165, 1.54) is 30.5 Å². The fraction of sp³-hybridized carbons (Fsp3) is 0.120. The number of amides is 1. The molecule has 0 fully saturated rings. The SMILES string of the molecule is CCOC(=O)/C=C/c1ccc(NC(=O)/C=C/c2ccc(S(=O)(=O)NCc3ccco3)cc2)cc1. The third-order valence-electron chi connectivity index (χ3n) is 4.51. The van der Waals surface area contributed by atoms with E-state index < -0.39 is 16.0 Å². The van der Waals surface area contributed by atoms with Crippen LogP contribution in [0.4, 0.5) is 5.69 Å². The Morgan fingerprint density at radius 3 is 2.21 bits per heavy atom. The molecular formula is C25H24N2O6S. The normalized spacial score (nSPS) is 11.7. The average molecular weight is 481 g/mol. The van der Waals surface area contributed by atoms with Gasteiger partial charge in [-0.05, 0) is 66.6 Å². The van der Waals surface area contributed by atoms with Crippen molar-refractivity contribution in [2.75, 3.05) is 11.9 Å². The molecule has 0 aliphatic rings. The molecule has 0 unspecified atom stereocenters. The Morgan fingerprint density at radius 1 is 0.941 bits per heavy atom. The maximum Gasteiger partial charge on any atom is 0.330 e. The lowest BCUT2D eigenvalue weighted by atomic mass is 10.2. The quantitative estimate of drug-likeness (QED) is 0.335. The first-order chi connectivity index (χ1) is 16.4. The van der Waals surface area contributed by atoms with Crippen molar-refractivity contribution in [1.82, 2.24) is 4.72 Å². The van der Waals surface area contributed by atoms with Crippen LogP contribution in [0.5, 0.6) is 0 Å². The molecule has 0 spiro atoms. The minimum atomic E-state index is -3.68. The number of carbonyl (C=O) groups is 2. The number of sulfonamides is 1. The van der Waals surface area contributed by atoms with E-state index in [1.54, 1.807) is 67.6 Å². The topological polar surface area (TPSA) is 115 Å². The van der Waals surface area contributed by atoms with Gasteiger partial charge in [-0.3, -0.25) is 4.79 Å². The lowest BCUT2D eigenvalue weighted by Crippen LogP contribution is -2.22. The van der Waals surface area contributed by atoms with Gasteiger partial charge in [0.1, 0.15) is 5.76 Å². The zero-order valence-corrected chi connectivity index (χ0v) is 19.2. The van der Waals surface area contributed by atoms with E-state index in [-0.39, 0.29) is 17.3 Å². The number of anilines is 1. The Labute approximate surface area is 198 Å². The van der Waals surface area contributed by atoms with Crippen LogP contribution in [0.1, 0.15) is 23.8 Å². The van der Waals surface area contributed by atoms with E-state index in [0.29, 0.717) is 23.6 Å². The zero-order valence-electron chi connectivity index (χ0n) is 18.4. The van der Waals surface area contributed by atoms with E-state index in [4.69, 9.17) is 9.15 Å². The summed E-state index contributed by atoms with van der Waals surface area (Å²) in [6, 6.07) is 16.4. The van der Waals surface area contributed by atoms with Crippen LogP contribution in [-0.2, 0) is 30.9 Å². The fourth-order valence-electron chi connectivity index (χ4n) is 2.81. The van der Waals surface area contributed by atoms with Gasteiger partial charge in [-0.25, -0.2) is 17.9 Å². The molecule has 9 heteroatoms. The van der Waals surface area contributed by atoms with E-state index in [9.17, 15) is 18.0 Å². The molecule has 1 heterocycles. The first-order valence-corrected chi connectivity index (χ1v) is 11.9. The fourth-order valence-corrected chi connectivity index (χ4v) is 3.80. The largest absolute Gasteiger partial charge is 0.468 e. The summed E-state index contributed by atoms with van der Waals surface area (Å²) < 4.78 is 37.2. The minimum absolute atomic E-state index is 0.0554. The number of rotatable bonds is 10. The minimum Gasteiger partial charge on any atom is -0.468 e. The van der Waals surface area contributed by atoms with E-state index in [0.717, 1.165) is 5.56 Å². The molecule has 2 N–H and O–H groups in total. The molecule has 8 nitrogen and oxygen atoms in total. The van der Waals surface area contributed by atoms with Crippen LogP contribution in [0, 0.1) is 0 Å². The predicted octanol–water partition coefficient (Wildman–Crippen LogP) is 3.99. The highest BCUT2D eigenvalue weighted by Crippen LogP contribution is 2.14. The summed E-state index contributed by atoms with van der Waals surface area (Å²) in [5, 5.41) is 2.73. The predicted molar refractivity (Wildman–Crippen MR) is 129 cm³/mol. The van der Waals surface area contributed by atoms with Crippen LogP contribution in [0.3, 0.4) is 0 Å². The molecule has 1 aromatic heterocycles. The van der Waals surface area contributed by atoms with Gasteiger partial charge in [0.15, 0.2) is 0 Å². The highest BCUT2D eigenvalue weighted by molar-refractivity contribution is 7.89. The maximum absolute atomic E-state index is 12.4. The lowest BCUT2D eigenvalue weighted by molar-refractivity contribution is -0.137. The van der Waals surface area contributed by atoms with Crippen LogP contribution >= 0.6 is 0 Å². The summed E-state index contributed by atoms with van der Waals surface area (Å²) >= 11 is 0. The second-order valence-electron chi connectivity index (χ2n) is 7.00. The van der Waals surface area contributed by atoms with Crippen LogP contribution in [0.15, 0.2) is 88.4 Å². The van der Waals surface area contributed by atoms with Gasteiger partial charge in [0, 0.05) is 17.8 Å². The molecule has 3 rings (SSSR count). The van der Waals surface area contributed by atoms with Crippen molar-refractivity contribution >= 4 is 39.7 Å². The maximum atomic E-state index is 12.4. The van der Waals surface area contributed by atoms with Crippen LogP contribution in [0.25, 0.3) is 12.2 Å². The van der Waals surface area contributed by atoms with Gasteiger partial charge < -0.3 is 14.5 Å². The molecule has 0 saturated carbocycles. The van der Waals surface area contributed by atoms with Crippen molar-refractivity contribution in [2.24, 2.45) is 0 Å². The van der Waals surface area contributed by atoms with Gasteiger partial charge in [0.05, 0.1) is 24.3 Å². The van der Waals surface area contributed by atoms with Gasteiger partial charge in [-0.1, -0.05) is 24.3 Å². The Kier molecular flexibility index (Phi) is 8.55. The van der Waals surface area contributed by atoms with Crippen LogP contribution in [-0.4, -0.2) is 26.9 Å². The molecule has 3 aromatic rings. The summed E-state index contributed by atoms with van der Waals surface area (Å²) in [6.45, 7) is 2.11. The Hall–Kier alpha value is -3.95. The number of nitrogens with one attached hydrogen (secondary N) is 2. The summed E-state index contributed by atoms with van der Waals surface area (Å²) in [6.07, 6.45) is 7.37. The second kappa shape index (κ2) is 11.8. The smallest absolute Gasteiger partial charge is 0.330 e. The Bertz CT molecular complexity index is 1260. The third kappa shape index (κ3) is 7.58. The van der Waals surface area contributed by atoms with Crippen LogP contribution < -0.4 is 10.0 Å². The van der Waals surface area contributed by atoms with Gasteiger partial charge in [-0.15, -0.1) is 0 Å². The molecule has 0 bridgehead atoms. The summed E-state index contributed by atoms with van der Waals surface area (Å²) in [7, 11) is -3.68. The lowest BCUT2D eigenvalue weighted by Gasteiger charge is -2.06. The number of hydrogen-bond donors (Lipinski definition) is 2. The number of hydrogen-bond acceptors (Lipinski definition) is 6. The van der Waals surface area contributed by atoms with Crippen molar-refractivity contribution in [2.45, 2.75) is 18.4 Å². The van der Waals surface area contributed by atoms with Gasteiger partial charge in [-0.2, -0.15) is 0 Å². The van der Waals surface area contributed by atoms with Crippen molar-refractivity contribution in [3.05, 3.63) is 96.0 Å². The number of ether oxygens (including phenoxy) is 1. The first kappa shape index (κ1) is 24.7. The van der Waals surface area contributed by atoms with Crippen molar-refractivity contribution < 1.29 is 27.2 Å². The van der Waals surface area contributed by atoms with Crippen molar-refractivity contribution in [3.63, 3.8) is 0 Å². The highest BCUT2D eigenvalue weighted by atomic mass is 32.2. The molecule has 0 radical (unpaired) electrons. The molecule has 0 atom stereocenters. The molecule has 1 amide bonds. The second-order valence-corrected chi connectivity index (χ2v) is 8.77. The van der Waals surface area contributed by atoms with E-state index >= 15 is 0 Å². The monoisotopic (exact) mass is 480 g/mol. The number of esters is 1. The van der Waals surface area contributed by atoms with Crippen molar-refractivity contribution in [1.29, 1.82) is 0 Å². The first-order valence-electron chi connectivity index (χ1n) is 10.4. The third-order valence-corrected chi connectivity index (χ3v) is 5.93. The summed E-state index contributed by atoms with van der Waals surface area (Å²) in [5.41, 5.74) is 2.04. The molecule has 0 saturated heterocycles. The molecule has 34 heavy (non-hydrogen) atoms. The molecule has 0 aliphatic carbocycles. The number of benzene rings is 2. The number of furan rings is 1. The van der Waals surface area contributed by atoms with Crippen molar-refractivity contribution in [3.8, 4) is 0 Å². The molecule has 2 aromatic carbocycles. The average Bonchev–Trinajstić information content (AvgIpc) is 3.35. The van der Waals surface area contributed by atoms with Gasteiger partial charge in [0.2, 0.25) is 15.9 Å². The standard InChI is InChI=1S/C25H24N2O6S/c1-2-32-25(29)16-10-19-5-11-21(12-6-19)27-24(28)15-9-20-7-13-23(14-8-20)34(30,31)26-18-22-4-3-17-33-22/h3-17,26H,2,18H2,1H3,(H,27,28)/b15-9+,16-10+. The summed E-state index contributed by atoms with van der Waals surface area (Å²) in [5.74, 6) is -0.246. The highest BCUT2D eigenvalue weighted by Gasteiger charge is 2.14. The van der Waals surface area contributed by atoms with Gasteiger partial charge >= 0.3 is 5.97 Å². The molecule has 176 valence electrons. The summed E-state index contributed by atoms with van der Waals surface area (Å²) in [4.78, 5) is 23.7. The zero-order chi connectivity index (χ0) is 24.4. The van der Waals surface area contributed by atoms with E-state index in [1.807, 2.05) is 0 Å². The molecular weight excluding hydrogens is 456 g/mol. The van der Waals surface area contributed by atoms with E-state index in [2.05, 4.69) is 10.0 Å².